The molecule has 0 spiro atoms. The van der Waals surface area contributed by atoms with Crippen LogP contribution in [0.2, 0.25) is 0 Å². The number of hydrogen-bond donors (Lipinski definition) is 0. The Hall–Kier alpha value is -3.45. The summed E-state index contributed by atoms with van der Waals surface area (Å²) in [6.45, 7) is 11.6. The molecule has 1 amide bonds. The van der Waals surface area contributed by atoms with Crippen LogP contribution in [0.4, 0.5) is 0 Å². The molecule has 10 nitrogen and oxygen atoms in total. The maximum absolute atomic E-state index is 13.3. The maximum atomic E-state index is 13.3. The van der Waals surface area contributed by atoms with Gasteiger partial charge in [-0.2, -0.15) is 4.89 Å². The molecule has 3 heterocycles. The van der Waals surface area contributed by atoms with Gasteiger partial charge in [-0.3, -0.25) is 9.68 Å². The average Bonchev–Trinajstić information content (AvgIpc) is 3.48. The van der Waals surface area contributed by atoms with Crippen LogP contribution in [0.5, 0.6) is 5.75 Å². The Bertz CT molecular complexity index is 1370. The molecule has 2 aliphatic rings. The lowest BCUT2D eigenvalue weighted by atomic mass is 9.74. The molecular formula is C30H35IN3O7+. The Morgan fingerprint density at radius 1 is 1.22 bits per heavy atom. The second-order valence-electron chi connectivity index (χ2n) is 10.2. The number of ether oxygens (including phenoxy) is 2. The van der Waals surface area contributed by atoms with Crippen LogP contribution in [-0.2, 0) is 48.9 Å². The van der Waals surface area contributed by atoms with Gasteiger partial charge in [-0.25, -0.2) is 18.7 Å². The molecule has 1 aromatic carbocycles. The summed E-state index contributed by atoms with van der Waals surface area (Å²) in [7, 11) is 1.98. The number of carbonyl (C=O) groups is 3. The van der Waals surface area contributed by atoms with Crippen molar-refractivity contribution < 1.29 is 38.2 Å². The number of β-lactam (4-membered cyclic amide) rings is 1. The highest BCUT2D eigenvalue weighted by molar-refractivity contribution is 14.1. The third-order valence-electron chi connectivity index (χ3n) is 7.42. The topological polar surface area (TPSA) is 100 Å². The van der Waals surface area contributed by atoms with Gasteiger partial charge in [-0.05, 0) is 40.3 Å². The number of rotatable bonds is 14. The zero-order valence-corrected chi connectivity index (χ0v) is 25.6. The highest BCUT2D eigenvalue weighted by Gasteiger charge is 2.61. The summed E-state index contributed by atoms with van der Waals surface area (Å²) in [5.41, 5.74) is 1.92. The average molecular weight is 677 g/mol. The van der Waals surface area contributed by atoms with Gasteiger partial charge in [0.15, 0.2) is 0 Å². The fraction of sp³-hybridized carbons (Fsp3) is 0.400. The van der Waals surface area contributed by atoms with Crippen LogP contribution in [0.25, 0.3) is 0 Å². The standard InChI is InChI=1S/C30H35IN3O7/c1-6-14-38-30(37)27-22(19(3)26-25(28(35)34(26)27)20(4)29(36)41-40-15-7-2)17-39-24-16-21(8-9-23(24)31)10-11-33-13-12-32(5)18-33/h6-9,12-13,16,18-20,25-26H,1-2,10-11,14-15,17H2,3-5H3/q+1/t19-,20?,25?,26?/m0/s1. The molecule has 11 heteroatoms. The van der Waals surface area contributed by atoms with E-state index in [1.165, 1.54) is 17.1 Å². The van der Waals surface area contributed by atoms with Gasteiger partial charge in [-0.15, -0.1) is 6.58 Å². The number of imidazole rings is 1. The predicted molar refractivity (Wildman–Crippen MR) is 157 cm³/mol. The van der Waals surface area contributed by atoms with Gasteiger partial charge < -0.3 is 14.4 Å². The van der Waals surface area contributed by atoms with Crippen molar-refractivity contribution in [3.05, 3.63) is 82.6 Å². The largest absolute Gasteiger partial charge is 0.488 e. The van der Waals surface area contributed by atoms with Gasteiger partial charge in [-0.1, -0.05) is 38.6 Å². The zero-order valence-electron chi connectivity index (χ0n) is 23.5. The first-order chi connectivity index (χ1) is 19.7. The molecule has 0 bridgehead atoms. The maximum Gasteiger partial charge on any atom is 0.355 e. The number of aromatic nitrogens is 2. The summed E-state index contributed by atoms with van der Waals surface area (Å²) in [5.74, 6) is -2.65. The smallest absolute Gasteiger partial charge is 0.355 e. The molecule has 1 saturated heterocycles. The third-order valence-corrected chi connectivity index (χ3v) is 8.31. The van der Waals surface area contributed by atoms with Gasteiger partial charge in [0.1, 0.15) is 43.7 Å². The number of amides is 1. The quantitative estimate of drug-likeness (QED) is 0.0443. The van der Waals surface area contributed by atoms with Crippen molar-refractivity contribution in [2.45, 2.75) is 32.9 Å². The molecule has 4 atom stereocenters. The minimum atomic E-state index is -0.776. The molecule has 1 aromatic heterocycles. The van der Waals surface area contributed by atoms with E-state index in [2.05, 4.69) is 46.4 Å². The molecule has 3 unspecified atom stereocenters. The molecule has 0 saturated carbocycles. The van der Waals surface area contributed by atoms with Gasteiger partial charge in [0, 0.05) is 17.9 Å². The number of hydrogen-bond acceptors (Lipinski definition) is 7. The highest BCUT2D eigenvalue weighted by Crippen LogP contribution is 2.49. The van der Waals surface area contributed by atoms with E-state index in [1.54, 1.807) is 6.92 Å². The van der Waals surface area contributed by atoms with Crippen molar-refractivity contribution in [3.63, 3.8) is 0 Å². The SMILES string of the molecule is C=CCOOC(=O)C(C)C1C(=O)N2C(C(=O)OCC=C)=C(COc3cc(CCn4cc[n+](C)c4)ccc3I)[C@H](C)C12. The second-order valence-corrected chi connectivity index (χ2v) is 11.3. The monoisotopic (exact) mass is 676 g/mol. The first-order valence-electron chi connectivity index (χ1n) is 13.4. The number of aryl methyl sites for hydroxylation is 3. The number of fused-ring (bicyclic) bond motifs is 1. The molecule has 0 aliphatic carbocycles. The van der Waals surface area contributed by atoms with Gasteiger partial charge in [0.05, 0.1) is 35.0 Å². The Morgan fingerprint density at radius 2 is 1.98 bits per heavy atom. The van der Waals surface area contributed by atoms with E-state index in [0.717, 1.165) is 22.1 Å². The van der Waals surface area contributed by atoms with Crippen LogP contribution in [0.15, 0.2) is 73.5 Å². The zero-order chi connectivity index (χ0) is 29.7. The van der Waals surface area contributed by atoms with Crippen molar-refractivity contribution in [1.29, 1.82) is 0 Å². The Labute approximate surface area is 253 Å². The minimum absolute atomic E-state index is 0.00369. The third kappa shape index (κ3) is 6.56. The van der Waals surface area contributed by atoms with Crippen molar-refractivity contribution >= 4 is 40.4 Å². The van der Waals surface area contributed by atoms with Crippen LogP contribution in [0.1, 0.15) is 19.4 Å². The normalized spacial score (nSPS) is 20.2. The first kappa shape index (κ1) is 30.5. The van der Waals surface area contributed by atoms with E-state index < -0.39 is 29.8 Å². The summed E-state index contributed by atoms with van der Waals surface area (Å²) < 4.78 is 16.7. The number of nitrogens with zero attached hydrogens (tertiary/aromatic N) is 3. The summed E-state index contributed by atoms with van der Waals surface area (Å²) in [4.78, 5) is 50.1. The summed E-state index contributed by atoms with van der Waals surface area (Å²) >= 11 is 2.22. The fourth-order valence-corrected chi connectivity index (χ4v) is 5.76. The van der Waals surface area contributed by atoms with Crippen LogP contribution in [0.3, 0.4) is 0 Å². The van der Waals surface area contributed by atoms with E-state index in [1.807, 2.05) is 49.4 Å². The molecule has 41 heavy (non-hydrogen) atoms. The van der Waals surface area contributed by atoms with E-state index in [-0.39, 0.29) is 37.3 Å². The van der Waals surface area contributed by atoms with E-state index in [4.69, 9.17) is 19.2 Å². The number of carbonyl (C=O) groups excluding carboxylic acids is 3. The Kier molecular flexibility index (Phi) is 10.0. The van der Waals surface area contributed by atoms with E-state index >= 15 is 0 Å². The summed E-state index contributed by atoms with van der Waals surface area (Å²) in [6, 6.07) is 5.66. The van der Waals surface area contributed by atoms with Crippen molar-refractivity contribution in [2.24, 2.45) is 24.8 Å². The fourth-order valence-electron chi connectivity index (χ4n) is 5.27. The molecule has 2 aliphatic heterocycles. The van der Waals surface area contributed by atoms with Crippen LogP contribution in [0, 0.1) is 21.3 Å². The molecule has 218 valence electrons. The highest BCUT2D eigenvalue weighted by atomic mass is 127. The molecule has 2 aromatic rings. The molecule has 0 N–H and O–H groups in total. The van der Waals surface area contributed by atoms with Crippen molar-refractivity contribution in [3.8, 4) is 5.75 Å². The predicted octanol–water partition coefficient (Wildman–Crippen LogP) is 3.30. The molecule has 4 rings (SSSR count). The summed E-state index contributed by atoms with van der Waals surface area (Å²) in [5, 5.41) is 0. The van der Waals surface area contributed by atoms with E-state index in [9.17, 15) is 14.4 Å². The van der Waals surface area contributed by atoms with E-state index in [0.29, 0.717) is 11.3 Å². The number of benzene rings is 1. The van der Waals surface area contributed by atoms with Gasteiger partial charge >= 0.3 is 11.9 Å². The van der Waals surface area contributed by atoms with Crippen LogP contribution < -0.4 is 9.30 Å². The lowest BCUT2D eigenvalue weighted by molar-refractivity contribution is -0.671. The Morgan fingerprint density at radius 3 is 2.66 bits per heavy atom. The second kappa shape index (κ2) is 13.5. The van der Waals surface area contributed by atoms with Crippen molar-refractivity contribution in [1.82, 2.24) is 9.47 Å². The minimum Gasteiger partial charge on any atom is -0.488 e. The van der Waals surface area contributed by atoms with Gasteiger partial charge in [0.2, 0.25) is 12.2 Å². The molecule has 1 fully saturated rings. The molecular weight excluding hydrogens is 641 g/mol. The number of halogens is 1. The lowest BCUT2D eigenvalue weighted by Gasteiger charge is -2.47. The lowest BCUT2D eigenvalue weighted by Crippen LogP contribution is -2.63. The molecule has 0 radical (unpaired) electrons. The van der Waals surface area contributed by atoms with Crippen LogP contribution >= 0.6 is 22.6 Å². The van der Waals surface area contributed by atoms with Crippen LogP contribution in [-0.4, -0.2) is 53.2 Å². The van der Waals surface area contributed by atoms with Gasteiger partial charge in [0.25, 0.3) is 0 Å². The summed E-state index contributed by atoms with van der Waals surface area (Å²) in [6.07, 6.45) is 9.78. The van der Waals surface area contributed by atoms with Crippen molar-refractivity contribution in [2.75, 3.05) is 19.8 Å². The Balaban J connectivity index is 1.52. The number of esters is 1. The first-order valence-corrected chi connectivity index (χ1v) is 14.5.